The number of carbonyl (C=O) groups is 5. The van der Waals surface area contributed by atoms with E-state index in [-0.39, 0.29) is 30.8 Å². The molecule has 5 N–H and O–H groups in total. The first-order chi connectivity index (χ1) is 14.9. The molecule has 5 amide bonds. The van der Waals surface area contributed by atoms with Crippen LogP contribution in [0.3, 0.4) is 0 Å². The number of rotatable bonds is 6. The van der Waals surface area contributed by atoms with Gasteiger partial charge in [0.05, 0.1) is 13.1 Å². The van der Waals surface area contributed by atoms with Crippen molar-refractivity contribution in [3.63, 3.8) is 0 Å². The second kappa shape index (κ2) is 13.0. The second-order valence-corrected chi connectivity index (χ2v) is 9.31. The van der Waals surface area contributed by atoms with E-state index in [0.29, 0.717) is 19.3 Å². The van der Waals surface area contributed by atoms with Gasteiger partial charge in [0.2, 0.25) is 29.5 Å². The van der Waals surface area contributed by atoms with Crippen LogP contribution >= 0.6 is 0 Å². The molecule has 10 heteroatoms. The minimum absolute atomic E-state index is 0.107. The van der Waals surface area contributed by atoms with Gasteiger partial charge in [0.15, 0.2) is 0 Å². The van der Waals surface area contributed by atoms with E-state index in [1.165, 1.54) is 0 Å². The van der Waals surface area contributed by atoms with Gasteiger partial charge in [-0.05, 0) is 30.6 Å². The summed E-state index contributed by atoms with van der Waals surface area (Å²) >= 11 is 0. The summed E-state index contributed by atoms with van der Waals surface area (Å²) in [5.74, 6) is -2.49. The molecule has 1 heterocycles. The Bertz CT molecular complexity index is 686. The van der Waals surface area contributed by atoms with Crippen molar-refractivity contribution in [2.45, 2.75) is 78.9 Å². The summed E-state index contributed by atoms with van der Waals surface area (Å²) in [5, 5.41) is 13.1. The first kappa shape index (κ1) is 27.4. The first-order valence-corrected chi connectivity index (χ1v) is 11.4. The monoisotopic (exact) mass is 453 g/mol. The number of carbonyl (C=O) groups excluding carboxylic acids is 5. The molecule has 1 saturated heterocycles. The van der Waals surface area contributed by atoms with Crippen LogP contribution in [0.2, 0.25) is 0 Å². The quantitative estimate of drug-likeness (QED) is 0.379. The molecule has 1 fully saturated rings. The highest BCUT2D eigenvalue weighted by Gasteiger charge is 2.33. The summed E-state index contributed by atoms with van der Waals surface area (Å²) in [6, 6.07) is -2.57. The predicted molar refractivity (Wildman–Crippen MR) is 120 cm³/mol. The number of nitrogens with one attached hydrogen (secondary N) is 5. The Morgan fingerprint density at radius 1 is 0.688 bits per heavy atom. The van der Waals surface area contributed by atoms with Gasteiger partial charge in [0.1, 0.15) is 18.1 Å². The van der Waals surface area contributed by atoms with Crippen LogP contribution in [0, 0.1) is 17.8 Å². The van der Waals surface area contributed by atoms with Crippen LogP contribution in [0.4, 0.5) is 0 Å². The highest BCUT2D eigenvalue weighted by molar-refractivity contribution is 5.96. The third kappa shape index (κ3) is 9.23. The molecule has 0 aromatic carbocycles. The lowest BCUT2D eigenvalue weighted by Gasteiger charge is -2.29. The maximum absolute atomic E-state index is 13.1. The Labute approximate surface area is 190 Å². The van der Waals surface area contributed by atoms with Crippen LogP contribution in [0.25, 0.3) is 0 Å². The number of hydrogen-bond acceptors (Lipinski definition) is 5. The molecule has 1 rings (SSSR count). The van der Waals surface area contributed by atoms with E-state index in [1.807, 2.05) is 41.5 Å². The normalized spacial score (nSPS) is 25.1. The van der Waals surface area contributed by atoms with Gasteiger partial charge in [-0.2, -0.15) is 0 Å². The Balaban J connectivity index is 3.25. The minimum atomic E-state index is -0.869. The Kier molecular flexibility index (Phi) is 11.1. The Hall–Kier alpha value is -2.65. The third-order valence-electron chi connectivity index (χ3n) is 5.36. The van der Waals surface area contributed by atoms with Crippen molar-refractivity contribution >= 4 is 29.5 Å². The fourth-order valence-electron chi connectivity index (χ4n) is 3.40. The van der Waals surface area contributed by atoms with Crippen molar-refractivity contribution in [2.24, 2.45) is 17.8 Å². The standard InChI is InChI=1S/C22H39N5O5/c1-7-14(6)19-22(32)26-15(8-12(2)3)20(30)24-10-17(28)23-11-18(29)25-16(9-13(4)5)21(31)27-19/h12-16,19H,7-11H2,1-6H3,(H,23,28)(H,24,30)(H,25,29)(H,26,32)(H,27,31)/t14-,15-,16-,19-/m0/s1. The summed E-state index contributed by atoms with van der Waals surface area (Å²) in [7, 11) is 0. The minimum Gasteiger partial charge on any atom is -0.346 e. The lowest BCUT2D eigenvalue weighted by atomic mass is 9.95. The molecule has 0 spiro atoms. The van der Waals surface area contributed by atoms with Gasteiger partial charge in [0.25, 0.3) is 0 Å². The first-order valence-electron chi connectivity index (χ1n) is 11.4. The average molecular weight is 454 g/mol. The summed E-state index contributed by atoms with van der Waals surface area (Å²) in [6.45, 7) is 10.8. The molecule has 0 unspecified atom stereocenters. The molecule has 0 aliphatic carbocycles. The average Bonchev–Trinajstić information content (AvgIpc) is 2.71. The van der Waals surface area contributed by atoms with Crippen LogP contribution in [0.1, 0.15) is 60.8 Å². The molecule has 1 aliphatic rings. The fourth-order valence-corrected chi connectivity index (χ4v) is 3.40. The molecule has 0 saturated carbocycles. The van der Waals surface area contributed by atoms with E-state index in [2.05, 4.69) is 26.6 Å². The molecular formula is C22H39N5O5. The maximum Gasteiger partial charge on any atom is 0.243 e. The van der Waals surface area contributed by atoms with Gasteiger partial charge in [-0.3, -0.25) is 24.0 Å². The largest absolute Gasteiger partial charge is 0.346 e. The van der Waals surface area contributed by atoms with E-state index in [9.17, 15) is 24.0 Å². The summed E-state index contributed by atoms with van der Waals surface area (Å²) < 4.78 is 0. The zero-order chi connectivity index (χ0) is 24.4. The number of amides is 5. The maximum atomic E-state index is 13.1. The van der Waals surface area contributed by atoms with Crippen molar-refractivity contribution in [1.29, 1.82) is 0 Å². The van der Waals surface area contributed by atoms with Crippen molar-refractivity contribution in [3.8, 4) is 0 Å². The molecule has 32 heavy (non-hydrogen) atoms. The Morgan fingerprint density at radius 2 is 1.22 bits per heavy atom. The van der Waals surface area contributed by atoms with Gasteiger partial charge in [-0.15, -0.1) is 0 Å². The molecule has 0 aromatic heterocycles. The smallest absolute Gasteiger partial charge is 0.243 e. The van der Waals surface area contributed by atoms with Gasteiger partial charge in [0, 0.05) is 0 Å². The topological polar surface area (TPSA) is 146 Å². The van der Waals surface area contributed by atoms with Gasteiger partial charge >= 0.3 is 0 Å². The second-order valence-electron chi connectivity index (χ2n) is 9.31. The van der Waals surface area contributed by atoms with Crippen LogP contribution in [-0.4, -0.2) is 60.8 Å². The van der Waals surface area contributed by atoms with Crippen LogP contribution < -0.4 is 26.6 Å². The lowest BCUT2D eigenvalue weighted by Crippen LogP contribution is -2.58. The van der Waals surface area contributed by atoms with E-state index in [4.69, 9.17) is 0 Å². The van der Waals surface area contributed by atoms with Crippen molar-refractivity contribution in [2.75, 3.05) is 13.1 Å². The molecular weight excluding hydrogens is 414 g/mol. The third-order valence-corrected chi connectivity index (χ3v) is 5.36. The zero-order valence-electron chi connectivity index (χ0n) is 20.0. The van der Waals surface area contributed by atoms with E-state index < -0.39 is 47.7 Å². The van der Waals surface area contributed by atoms with Crippen LogP contribution in [0.5, 0.6) is 0 Å². The zero-order valence-corrected chi connectivity index (χ0v) is 20.0. The molecule has 182 valence electrons. The SMILES string of the molecule is CC[C@H](C)[C@@H]1NC(=O)[C@H](CC(C)C)NC(=O)CNC(=O)CNC(=O)[C@H](CC(C)C)NC1=O. The van der Waals surface area contributed by atoms with Gasteiger partial charge in [-0.25, -0.2) is 0 Å². The molecule has 10 nitrogen and oxygen atoms in total. The van der Waals surface area contributed by atoms with Gasteiger partial charge < -0.3 is 26.6 Å². The molecule has 0 aromatic rings. The number of hydrogen-bond donors (Lipinski definition) is 5. The summed E-state index contributed by atoms with van der Waals surface area (Å²) in [6.07, 6.45) is 1.37. The molecule has 0 radical (unpaired) electrons. The molecule has 0 bridgehead atoms. The van der Waals surface area contributed by atoms with Crippen LogP contribution in [0.15, 0.2) is 0 Å². The van der Waals surface area contributed by atoms with Crippen molar-refractivity contribution in [1.82, 2.24) is 26.6 Å². The fraction of sp³-hybridized carbons (Fsp3) is 0.773. The molecule has 1 aliphatic heterocycles. The Morgan fingerprint density at radius 3 is 1.75 bits per heavy atom. The lowest BCUT2D eigenvalue weighted by molar-refractivity contribution is -0.134. The summed E-state index contributed by atoms with van der Waals surface area (Å²) in [4.78, 5) is 63.1. The van der Waals surface area contributed by atoms with Crippen LogP contribution in [-0.2, 0) is 24.0 Å². The van der Waals surface area contributed by atoms with Crippen molar-refractivity contribution < 1.29 is 24.0 Å². The van der Waals surface area contributed by atoms with E-state index >= 15 is 0 Å². The highest BCUT2D eigenvalue weighted by atomic mass is 16.2. The molecule has 4 atom stereocenters. The highest BCUT2D eigenvalue weighted by Crippen LogP contribution is 2.12. The van der Waals surface area contributed by atoms with Crippen molar-refractivity contribution in [3.05, 3.63) is 0 Å². The predicted octanol–water partition coefficient (Wildman–Crippen LogP) is -0.175. The van der Waals surface area contributed by atoms with Gasteiger partial charge in [-0.1, -0.05) is 48.0 Å². The van der Waals surface area contributed by atoms with E-state index in [0.717, 1.165) is 0 Å². The van der Waals surface area contributed by atoms with E-state index in [1.54, 1.807) is 0 Å². The summed E-state index contributed by atoms with van der Waals surface area (Å²) in [5.41, 5.74) is 0.